The van der Waals surface area contributed by atoms with Crippen LogP contribution in [-0.4, -0.2) is 27.0 Å². The minimum absolute atomic E-state index is 0.142. The molecule has 2 heterocycles. The van der Waals surface area contributed by atoms with Crippen molar-refractivity contribution in [3.63, 3.8) is 0 Å². The van der Waals surface area contributed by atoms with E-state index in [4.69, 9.17) is 9.72 Å². The number of hydrogen-bond donors (Lipinski definition) is 1. The number of benzene rings is 2. The Hall–Kier alpha value is -3.67. The van der Waals surface area contributed by atoms with Crippen molar-refractivity contribution in [2.75, 3.05) is 6.61 Å². The van der Waals surface area contributed by atoms with Gasteiger partial charge in [0.25, 0.3) is 5.91 Å². The predicted octanol–water partition coefficient (Wildman–Crippen LogP) is 5.01. The molecule has 6 nitrogen and oxygen atoms in total. The molecule has 164 valence electrons. The number of amides is 1. The Morgan fingerprint density at radius 3 is 2.50 bits per heavy atom. The minimum atomic E-state index is -0.248. The number of rotatable bonds is 8. The van der Waals surface area contributed by atoms with Gasteiger partial charge in [-0.25, -0.2) is 4.98 Å². The third-order valence-corrected chi connectivity index (χ3v) is 5.54. The molecule has 0 saturated heterocycles. The fourth-order valence-electron chi connectivity index (χ4n) is 3.93. The number of pyridine rings is 1. The van der Waals surface area contributed by atoms with Crippen LogP contribution in [0, 0.1) is 13.8 Å². The van der Waals surface area contributed by atoms with Crippen molar-refractivity contribution in [2.45, 2.75) is 39.8 Å². The third kappa shape index (κ3) is 4.64. The Morgan fingerprint density at radius 1 is 1.03 bits per heavy atom. The lowest BCUT2D eigenvalue weighted by molar-refractivity contribution is 0.0937. The Labute approximate surface area is 188 Å². The van der Waals surface area contributed by atoms with E-state index >= 15 is 0 Å². The molecule has 1 N–H and O–H groups in total. The lowest BCUT2D eigenvalue weighted by atomic mass is 10.1. The molecule has 0 radical (unpaired) electrons. The SMILES string of the molecule is Cc1cccc(C)c1OCCCn1c(C(C)NC(=O)c2ccncc2)nc2ccccc21. The van der Waals surface area contributed by atoms with Crippen molar-refractivity contribution in [3.05, 3.63) is 89.5 Å². The van der Waals surface area contributed by atoms with E-state index in [0.29, 0.717) is 12.2 Å². The second kappa shape index (κ2) is 9.64. The average Bonchev–Trinajstić information content (AvgIpc) is 3.17. The van der Waals surface area contributed by atoms with Crippen molar-refractivity contribution < 1.29 is 9.53 Å². The summed E-state index contributed by atoms with van der Waals surface area (Å²) in [5.74, 6) is 1.65. The van der Waals surface area contributed by atoms with Crippen LogP contribution in [0.15, 0.2) is 67.0 Å². The summed E-state index contributed by atoms with van der Waals surface area (Å²) in [6.45, 7) is 7.45. The second-order valence-corrected chi connectivity index (χ2v) is 7.96. The summed E-state index contributed by atoms with van der Waals surface area (Å²) < 4.78 is 8.27. The molecule has 0 spiro atoms. The maximum atomic E-state index is 12.6. The molecule has 0 aliphatic carbocycles. The predicted molar refractivity (Wildman–Crippen MR) is 126 cm³/mol. The monoisotopic (exact) mass is 428 g/mol. The first-order valence-corrected chi connectivity index (χ1v) is 10.9. The summed E-state index contributed by atoms with van der Waals surface area (Å²) in [6, 6.07) is 17.4. The van der Waals surface area contributed by atoms with Crippen LogP contribution >= 0.6 is 0 Å². The van der Waals surface area contributed by atoms with Gasteiger partial charge in [0.15, 0.2) is 0 Å². The highest BCUT2D eigenvalue weighted by Gasteiger charge is 2.19. The van der Waals surface area contributed by atoms with E-state index < -0.39 is 0 Å². The van der Waals surface area contributed by atoms with Crippen molar-refractivity contribution in [1.82, 2.24) is 19.9 Å². The standard InChI is InChI=1S/C26H28N4O2/c1-18-8-6-9-19(2)24(18)32-17-7-16-30-23-11-5-4-10-22(23)29-25(30)20(3)28-26(31)21-12-14-27-15-13-21/h4-6,8-15,20H,7,16-17H2,1-3H3,(H,28,31). The van der Waals surface area contributed by atoms with Gasteiger partial charge in [-0.2, -0.15) is 0 Å². The van der Waals surface area contributed by atoms with Crippen LogP contribution in [0.5, 0.6) is 5.75 Å². The molecule has 4 rings (SSSR count). The number of ether oxygens (including phenoxy) is 1. The Kier molecular flexibility index (Phi) is 6.50. The fraction of sp³-hybridized carbons (Fsp3) is 0.269. The Bertz CT molecular complexity index is 1200. The van der Waals surface area contributed by atoms with Gasteiger partial charge in [-0.15, -0.1) is 0 Å². The number of para-hydroxylation sites is 3. The average molecular weight is 429 g/mol. The molecular weight excluding hydrogens is 400 g/mol. The molecular formula is C26H28N4O2. The lowest BCUT2D eigenvalue weighted by Crippen LogP contribution is -2.28. The van der Waals surface area contributed by atoms with Crippen LogP contribution in [0.4, 0.5) is 0 Å². The number of carbonyl (C=O) groups is 1. The zero-order valence-corrected chi connectivity index (χ0v) is 18.7. The van der Waals surface area contributed by atoms with Crippen LogP contribution in [0.3, 0.4) is 0 Å². The van der Waals surface area contributed by atoms with E-state index in [1.807, 2.05) is 31.2 Å². The van der Waals surface area contributed by atoms with Crippen LogP contribution < -0.4 is 10.1 Å². The summed E-state index contributed by atoms with van der Waals surface area (Å²) in [7, 11) is 0. The second-order valence-electron chi connectivity index (χ2n) is 7.96. The third-order valence-electron chi connectivity index (χ3n) is 5.54. The van der Waals surface area contributed by atoms with Gasteiger partial charge in [-0.3, -0.25) is 9.78 Å². The molecule has 1 atom stereocenters. The number of aromatic nitrogens is 3. The number of hydrogen-bond acceptors (Lipinski definition) is 4. The Morgan fingerprint density at radius 2 is 1.75 bits per heavy atom. The van der Waals surface area contributed by atoms with Gasteiger partial charge >= 0.3 is 0 Å². The summed E-state index contributed by atoms with van der Waals surface area (Å²) >= 11 is 0. The molecule has 0 fully saturated rings. The van der Waals surface area contributed by atoms with Crippen LogP contribution in [0.1, 0.15) is 46.7 Å². The number of fused-ring (bicyclic) bond motifs is 1. The molecule has 2 aromatic carbocycles. The first-order valence-electron chi connectivity index (χ1n) is 10.9. The normalized spacial score (nSPS) is 12.0. The lowest BCUT2D eigenvalue weighted by Gasteiger charge is -2.17. The van der Waals surface area contributed by atoms with Crippen molar-refractivity contribution in [2.24, 2.45) is 0 Å². The molecule has 1 unspecified atom stereocenters. The molecule has 32 heavy (non-hydrogen) atoms. The summed E-state index contributed by atoms with van der Waals surface area (Å²) in [5.41, 5.74) is 4.84. The Balaban J connectivity index is 1.49. The summed E-state index contributed by atoms with van der Waals surface area (Å²) in [5, 5.41) is 3.06. The van der Waals surface area contributed by atoms with Crippen LogP contribution in [0.25, 0.3) is 11.0 Å². The fourth-order valence-corrected chi connectivity index (χ4v) is 3.93. The first-order chi connectivity index (χ1) is 15.5. The van der Waals surface area contributed by atoms with E-state index in [0.717, 1.165) is 46.7 Å². The number of nitrogens with zero attached hydrogens (tertiary/aromatic N) is 3. The van der Waals surface area contributed by atoms with Crippen molar-refractivity contribution in [1.29, 1.82) is 0 Å². The van der Waals surface area contributed by atoms with E-state index in [-0.39, 0.29) is 11.9 Å². The molecule has 1 amide bonds. The first kappa shape index (κ1) is 21.6. The highest BCUT2D eigenvalue weighted by molar-refractivity contribution is 5.94. The van der Waals surface area contributed by atoms with Crippen LogP contribution in [-0.2, 0) is 6.54 Å². The maximum absolute atomic E-state index is 12.6. The summed E-state index contributed by atoms with van der Waals surface area (Å²) in [4.78, 5) is 21.4. The van der Waals surface area contributed by atoms with Gasteiger partial charge < -0.3 is 14.6 Å². The number of nitrogens with one attached hydrogen (secondary N) is 1. The topological polar surface area (TPSA) is 69.0 Å². The highest BCUT2D eigenvalue weighted by Crippen LogP contribution is 2.24. The van der Waals surface area contributed by atoms with Crippen molar-refractivity contribution >= 4 is 16.9 Å². The molecule has 2 aromatic heterocycles. The molecule has 0 aliphatic heterocycles. The van der Waals surface area contributed by atoms with Crippen molar-refractivity contribution in [3.8, 4) is 5.75 Å². The van der Waals surface area contributed by atoms with Crippen LogP contribution in [0.2, 0.25) is 0 Å². The van der Waals surface area contributed by atoms with E-state index in [1.165, 1.54) is 0 Å². The van der Waals surface area contributed by atoms with E-state index in [1.54, 1.807) is 24.5 Å². The molecule has 4 aromatic rings. The maximum Gasteiger partial charge on any atom is 0.251 e. The minimum Gasteiger partial charge on any atom is -0.493 e. The highest BCUT2D eigenvalue weighted by atomic mass is 16.5. The molecule has 6 heteroatoms. The van der Waals surface area contributed by atoms with Gasteiger partial charge in [0.2, 0.25) is 0 Å². The summed E-state index contributed by atoms with van der Waals surface area (Å²) in [6.07, 6.45) is 4.06. The van der Waals surface area contributed by atoms with Gasteiger partial charge in [-0.05, 0) is 62.6 Å². The molecule has 0 bridgehead atoms. The number of carbonyl (C=O) groups excluding carboxylic acids is 1. The molecule has 0 saturated carbocycles. The number of imidazole rings is 1. The smallest absolute Gasteiger partial charge is 0.251 e. The number of aryl methyl sites for hydroxylation is 3. The quantitative estimate of drug-likeness (QED) is 0.401. The van der Waals surface area contributed by atoms with E-state index in [2.05, 4.69) is 46.9 Å². The molecule has 0 aliphatic rings. The van der Waals surface area contributed by atoms with Gasteiger partial charge in [0, 0.05) is 24.5 Å². The zero-order chi connectivity index (χ0) is 22.5. The zero-order valence-electron chi connectivity index (χ0n) is 18.7. The van der Waals surface area contributed by atoms with Gasteiger partial charge in [0.1, 0.15) is 11.6 Å². The van der Waals surface area contributed by atoms with Gasteiger partial charge in [0.05, 0.1) is 23.7 Å². The largest absolute Gasteiger partial charge is 0.493 e. The van der Waals surface area contributed by atoms with Gasteiger partial charge in [-0.1, -0.05) is 30.3 Å². The van der Waals surface area contributed by atoms with E-state index in [9.17, 15) is 4.79 Å².